The molecule has 2 unspecified atom stereocenters. The second-order valence-electron chi connectivity index (χ2n) is 17.1. The fourth-order valence-corrected chi connectivity index (χ4v) is 9.40. The first-order chi connectivity index (χ1) is 27.1. The standard InChI is InChI=1S/C48H53N3O5/c1-47(2)26-40-27-48(3,31-47)32-51(40)29-43-25-44(35-17-15-33(30-52)16-18-35)56-45(55-43)38-12-8-11-37(24-38)36-10-7-9-34(23-36)28-49-46(53)50-39-19-21-42(22-20-39)54-41-13-5-4-6-14-41/h4-24,40,43-45,52H,25-32H2,1-3H3,(H2,49,50,53)/t40?,43-,44+,45+,48?/m1/s1. The topological polar surface area (TPSA) is 92.3 Å². The van der Waals surface area contributed by atoms with Crippen LogP contribution >= 0.6 is 0 Å². The lowest BCUT2D eigenvalue weighted by atomic mass is 9.65. The van der Waals surface area contributed by atoms with E-state index in [-0.39, 0.29) is 24.8 Å². The first kappa shape index (κ1) is 37.9. The van der Waals surface area contributed by atoms with Gasteiger partial charge in [0.25, 0.3) is 0 Å². The van der Waals surface area contributed by atoms with Gasteiger partial charge in [0.05, 0.1) is 18.8 Å². The Morgan fingerprint density at radius 3 is 2.29 bits per heavy atom. The van der Waals surface area contributed by atoms with Crippen LogP contribution in [0.3, 0.4) is 0 Å². The lowest BCUT2D eigenvalue weighted by Gasteiger charge is -2.41. The molecule has 3 aliphatic rings. The lowest BCUT2D eigenvalue weighted by molar-refractivity contribution is -0.253. The molecule has 2 bridgehead atoms. The minimum absolute atomic E-state index is 0.00657. The molecule has 5 aromatic carbocycles. The molecule has 8 rings (SSSR count). The number of fused-ring (bicyclic) bond motifs is 2. The van der Waals surface area contributed by atoms with Gasteiger partial charge in [-0.1, -0.05) is 99.6 Å². The van der Waals surface area contributed by atoms with Gasteiger partial charge in [-0.25, -0.2) is 4.79 Å². The molecule has 5 atom stereocenters. The zero-order valence-electron chi connectivity index (χ0n) is 32.6. The van der Waals surface area contributed by atoms with Crippen LogP contribution in [-0.4, -0.2) is 41.3 Å². The van der Waals surface area contributed by atoms with Crippen LogP contribution in [0, 0.1) is 10.8 Å². The van der Waals surface area contributed by atoms with Crippen LogP contribution in [0.2, 0.25) is 0 Å². The van der Waals surface area contributed by atoms with Gasteiger partial charge in [-0.3, -0.25) is 4.90 Å². The number of carbonyl (C=O) groups is 1. The highest BCUT2D eigenvalue weighted by molar-refractivity contribution is 5.89. The van der Waals surface area contributed by atoms with Crippen LogP contribution in [-0.2, 0) is 22.6 Å². The van der Waals surface area contributed by atoms with Gasteiger partial charge in [0.15, 0.2) is 6.29 Å². The van der Waals surface area contributed by atoms with Crippen molar-refractivity contribution in [2.75, 3.05) is 18.4 Å². The number of benzene rings is 5. The van der Waals surface area contributed by atoms with Crippen molar-refractivity contribution in [1.29, 1.82) is 0 Å². The Hall–Kier alpha value is -4.99. The van der Waals surface area contributed by atoms with Gasteiger partial charge in [0.2, 0.25) is 0 Å². The summed E-state index contributed by atoms with van der Waals surface area (Å²) in [6.45, 7) is 9.70. The molecule has 2 heterocycles. The molecule has 2 saturated heterocycles. The fraction of sp³-hybridized carbons (Fsp3) is 0.354. The first-order valence-corrected chi connectivity index (χ1v) is 19.9. The van der Waals surface area contributed by atoms with E-state index in [0.717, 1.165) is 58.6 Å². The highest BCUT2D eigenvalue weighted by Crippen LogP contribution is 2.53. The van der Waals surface area contributed by atoms with E-state index in [1.807, 2.05) is 78.9 Å². The third kappa shape index (κ3) is 9.17. The average molecular weight is 752 g/mol. The number of nitrogens with zero attached hydrogens (tertiary/aromatic N) is 1. The normalized spacial score (nSPS) is 24.4. The van der Waals surface area contributed by atoms with Crippen molar-refractivity contribution in [3.63, 3.8) is 0 Å². The predicted octanol–water partition coefficient (Wildman–Crippen LogP) is 10.4. The third-order valence-corrected chi connectivity index (χ3v) is 11.5. The smallest absolute Gasteiger partial charge is 0.319 e. The van der Waals surface area contributed by atoms with Gasteiger partial charge in [-0.2, -0.15) is 0 Å². The summed E-state index contributed by atoms with van der Waals surface area (Å²) >= 11 is 0. The Kier molecular flexibility index (Phi) is 11.0. The number of aliphatic hydroxyl groups excluding tert-OH is 1. The van der Waals surface area contributed by atoms with Crippen molar-refractivity contribution in [1.82, 2.24) is 10.2 Å². The molecule has 56 heavy (non-hydrogen) atoms. The van der Waals surface area contributed by atoms with E-state index in [1.165, 1.54) is 19.3 Å². The number of carbonyl (C=O) groups excluding carboxylic acids is 1. The van der Waals surface area contributed by atoms with Crippen LogP contribution < -0.4 is 15.4 Å². The summed E-state index contributed by atoms with van der Waals surface area (Å²) in [4.78, 5) is 15.5. The van der Waals surface area contributed by atoms with E-state index in [9.17, 15) is 9.90 Å². The summed E-state index contributed by atoms with van der Waals surface area (Å²) in [6.07, 6.45) is 3.86. The van der Waals surface area contributed by atoms with E-state index < -0.39 is 6.29 Å². The van der Waals surface area contributed by atoms with Gasteiger partial charge in [0.1, 0.15) is 11.5 Å². The number of urea groups is 1. The minimum Gasteiger partial charge on any atom is -0.457 e. The molecular weight excluding hydrogens is 699 g/mol. The molecule has 1 aliphatic carbocycles. The Bertz CT molecular complexity index is 2100. The summed E-state index contributed by atoms with van der Waals surface area (Å²) in [5, 5.41) is 15.6. The maximum Gasteiger partial charge on any atom is 0.319 e. The Labute approximate surface area is 330 Å². The van der Waals surface area contributed by atoms with Crippen LogP contribution in [0.15, 0.2) is 127 Å². The summed E-state index contributed by atoms with van der Waals surface area (Å²) in [5.41, 5.74) is 7.42. The summed E-state index contributed by atoms with van der Waals surface area (Å²) in [7, 11) is 0. The molecule has 8 heteroatoms. The number of hydrogen-bond donors (Lipinski definition) is 3. The van der Waals surface area contributed by atoms with Crippen molar-refractivity contribution < 1.29 is 24.1 Å². The molecule has 5 aromatic rings. The van der Waals surface area contributed by atoms with Gasteiger partial charge in [-0.15, -0.1) is 0 Å². The van der Waals surface area contributed by atoms with Gasteiger partial charge in [0, 0.05) is 43.3 Å². The average Bonchev–Trinajstić information content (AvgIpc) is 3.44. The highest BCUT2D eigenvalue weighted by Gasteiger charge is 2.50. The first-order valence-electron chi connectivity index (χ1n) is 19.9. The number of para-hydroxylation sites is 1. The molecule has 0 aromatic heterocycles. The second kappa shape index (κ2) is 16.2. The number of amides is 2. The Morgan fingerprint density at radius 2 is 1.52 bits per heavy atom. The van der Waals surface area contributed by atoms with E-state index in [2.05, 4.69) is 84.8 Å². The van der Waals surface area contributed by atoms with Gasteiger partial charge in [-0.05, 0) is 106 Å². The lowest BCUT2D eigenvalue weighted by Crippen LogP contribution is -2.42. The number of rotatable bonds is 11. The number of nitrogens with one attached hydrogen (secondary N) is 2. The molecule has 0 radical (unpaired) electrons. The van der Waals surface area contributed by atoms with Crippen LogP contribution in [0.4, 0.5) is 10.5 Å². The zero-order valence-corrected chi connectivity index (χ0v) is 32.6. The summed E-state index contributed by atoms with van der Waals surface area (Å²) in [5.74, 6) is 1.45. The molecule has 0 spiro atoms. The molecule has 2 amide bonds. The number of anilines is 1. The van der Waals surface area contributed by atoms with E-state index in [0.29, 0.717) is 34.9 Å². The Morgan fingerprint density at radius 1 is 0.786 bits per heavy atom. The highest BCUT2D eigenvalue weighted by atomic mass is 16.7. The van der Waals surface area contributed by atoms with E-state index >= 15 is 0 Å². The quantitative estimate of drug-likeness (QED) is 0.124. The molecule has 290 valence electrons. The maximum absolute atomic E-state index is 12.8. The van der Waals surface area contributed by atoms with Crippen molar-refractivity contribution in [3.05, 3.63) is 150 Å². The molecular formula is C48H53N3O5. The second-order valence-corrected chi connectivity index (χ2v) is 17.1. The van der Waals surface area contributed by atoms with E-state index in [4.69, 9.17) is 14.2 Å². The van der Waals surface area contributed by atoms with Gasteiger partial charge < -0.3 is 30.0 Å². The fourth-order valence-electron chi connectivity index (χ4n) is 9.40. The number of aliphatic hydroxyl groups is 1. The van der Waals surface area contributed by atoms with Crippen LogP contribution in [0.1, 0.15) is 81.1 Å². The minimum atomic E-state index is -0.530. The molecule has 3 fully saturated rings. The summed E-state index contributed by atoms with van der Waals surface area (Å²) < 4.78 is 19.5. The summed E-state index contributed by atoms with van der Waals surface area (Å²) in [6, 6.07) is 42.0. The maximum atomic E-state index is 12.8. The number of ether oxygens (including phenoxy) is 3. The third-order valence-electron chi connectivity index (χ3n) is 11.5. The van der Waals surface area contributed by atoms with Gasteiger partial charge >= 0.3 is 6.03 Å². The largest absolute Gasteiger partial charge is 0.457 e. The number of hydrogen-bond acceptors (Lipinski definition) is 6. The monoisotopic (exact) mass is 751 g/mol. The van der Waals surface area contributed by atoms with Crippen LogP contribution in [0.25, 0.3) is 11.1 Å². The van der Waals surface area contributed by atoms with Crippen molar-refractivity contribution in [3.8, 4) is 22.6 Å². The predicted molar refractivity (Wildman–Crippen MR) is 220 cm³/mol. The van der Waals surface area contributed by atoms with E-state index in [1.54, 1.807) is 0 Å². The molecule has 8 nitrogen and oxygen atoms in total. The Balaban J connectivity index is 0.935. The SMILES string of the molecule is CC1(C)CC2CC(C)(CN2C[C@H]2C[C@@H](c3ccc(CO)cc3)O[C@@H](c3cccc(-c4cccc(CNC(=O)Nc5ccc(Oc6ccccc6)cc5)c4)c3)O2)C1. The molecule has 1 saturated carbocycles. The molecule has 3 N–H and O–H groups in total. The zero-order chi connectivity index (χ0) is 38.7. The van der Waals surface area contributed by atoms with Crippen LogP contribution in [0.5, 0.6) is 11.5 Å². The van der Waals surface area contributed by atoms with Crippen molar-refractivity contribution in [2.45, 2.75) is 84.1 Å². The van der Waals surface area contributed by atoms with Crippen molar-refractivity contribution >= 4 is 11.7 Å². The molecule has 2 aliphatic heterocycles. The number of likely N-dealkylation sites (tertiary alicyclic amines) is 1. The van der Waals surface area contributed by atoms with Crippen molar-refractivity contribution in [2.24, 2.45) is 10.8 Å².